The Morgan fingerprint density at radius 1 is 1.08 bits per heavy atom. The third-order valence-electron chi connectivity index (χ3n) is 5.82. The van der Waals surface area contributed by atoms with Crippen molar-refractivity contribution in [3.8, 4) is 0 Å². The van der Waals surface area contributed by atoms with Crippen LogP contribution in [-0.4, -0.2) is 51.8 Å². The number of nitrogens with zero attached hydrogens (tertiary/aromatic N) is 4. The molecule has 1 saturated heterocycles. The summed E-state index contributed by atoms with van der Waals surface area (Å²) in [6.45, 7) is 7.60. The third-order valence-corrected chi connectivity index (χ3v) is 6.29. The molecule has 1 aromatic heterocycles. The number of fused-ring (bicyclic) bond motifs is 1. The maximum Gasteiger partial charge on any atom is 0.131 e. The molecule has 2 heterocycles. The molecule has 1 aromatic carbocycles. The number of rotatable bonds is 4. The van der Waals surface area contributed by atoms with E-state index in [2.05, 4.69) is 46.1 Å². The highest BCUT2D eigenvalue weighted by molar-refractivity contribution is 6.30. The number of aromatic nitrogens is 2. The summed E-state index contributed by atoms with van der Waals surface area (Å²) in [6.07, 6.45) is 3.37. The van der Waals surface area contributed by atoms with Crippen molar-refractivity contribution in [2.75, 3.05) is 26.2 Å². The van der Waals surface area contributed by atoms with Gasteiger partial charge in [-0.15, -0.1) is 0 Å². The highest BCUT2D eigenvalue weighted by Crippen LogP contribution is 2.27. The van der Waals surface area contributed by atoms with Gasteiger partial charge in [-0.25, -0.2) is 0 Å². The van der Waals surface area contributed by atoms with E-state index in [1.165, 1.54) is 18.4 Å². The Morgan fingerprint density at radius 2 is 1.72 bits per heavy atom. The Bertz CT molecular complexity index is 721. The van der Waals surface area contributed by atoms with Crippen LogP contribution >= 0.6 is 11.6 Å². The molecule has 2 aliphatic rings. The molecule has 5 heteroatoms. The van der Waals surface area contributed by atoms with E-state index in [1.54, 1.807) is 11.1 Å². The lowest BCUT2D eigenvalue weighted by Crippen LogP contribution is -2.50. The zero-order chi connectivity index (χ0) is 17.4. The first-order valence-corrected chi connectivity index (χ1v) is 9.77. The first-order chi connectivity index (χ1) is 12.2. The van der Waals surface area contributed by atoms with Crippen molar-refractivity contribution in [3.05, 3.63) is 51.8 Å². The Labute approximate surface area is 155 Å². The van der Waals surface area contributed by atoms with Gasteiger partial charge in [0.25, 0.3) is 0 Å². The summed E-state index contributed by atoms with van der Waals surface area (Å²) in [5.41, 5.74) is 5.45. The quantitative estimate of drug-likeness (QED) is 0.839. The summed E-state index contributed by atoms with van der Waals surface area (Å²) in [5.74, 6) is 0. The lowest BCUT2D eigenvalue weighted by atomic mass is 10.1. The van der Waals surface area contributed by atoms with Gasteiger partial charge in [0.2, 0.25) is 0 Å². The van der Waals surface area contributed by atoms with Crippen molar-refractivity contribution in [1.29, 1.82) is 0 Å². The predicted molar refractivity (Wildman–Crippen MR) is 102 cm³/mol. The minimum atomic E-state index is 0.688. The average molecular weight is 359 g/mol. The first kappa shape index (κ1) is 17.1. The zero-order valence-corrected chi connectivity index (χ0v) is 16.0. The van der Waals surface area contributed by atoms with E-state index in [0.29, 0.717) is 6.04 Å². The fourth-order valence-electron chi connectivity index (χ4n) is 4.34. The van der Waals surface area contributed by atoms with Crippen LogP contribution in [0.1, 0.15) is 29.3 Å². The second-order valence-electron chi connectivity index (χ2n) is 7.34. The van der Waals surface area contributed by atoms with Crippen LogP contribution in [0.3, 0.4) is 0 Å². The highest BCUT2D eigenvalue weighted by Gasteiger charge is 2.29. The molecule has 0 unspecified atom stereocenters. The lowest BCUT2D eigenvalue weighted by Gasteiger charge is -2.38. The normalized spacial score (nSPS) is 19.5. The molecule has 1 aliphatic carbocycles. The van der Waals surface area contributed by atoms with Crippen LogP contribution in [0, 0.1) is 0 Å². The van der Waals surface area contributed by atoms with Crippen molar-refractivity contribution >= 4 is 11.6 Å². The maximum absolute atomic E-state index is 6.46. The minimum Gasteiger partial charge on any atom is -0.297 e. The number of piperazine rings is 1. The van der Waals surface area contributed by atoms with Gasteiger partial charge in [-0.05, 0) is 30.4 Å². The van der Waals surface area contributed by atoms with Crippen LogP contribution in [0.5, 0.6) is 0 Å². The van der Waals surface area contributed by atoms with Gasteiger partial charge in [0.15, 0.2) is 0 Å². The Morgan fingerprint density at radius 3 is 2.32 bits per heavy atom. The van der Waals surface area contributed by atoms with Crippen molar-refractivity contribution in [2.24, 2.45) is 7.05 Å². The van der Waals surface area contributed by atoms with Crippen LogP contribution in [0.2, 0.25) is 5.15 Å². The highest BCUT2D eigenvalue weighted by atomic mass is 35.5. The first-order valence-electron chi connectivity index (χ1n) is 9.39. The van der Waals surface area contributed by atoms with Crippen LogP contribution in [0.25, 0.3) is 0 Å². The van der Waals surface area contributed by atoms with Gasteiger partial charge in [-0.1, -0.05) is 42.8 Å². The van der Waals surface area contributed by atoms with Crippen molar-refractivity contribution in [2.45, 2.75) is 38.8 Å². The maximum atomic E-state index is 6.46. The molecule has 0 saturated carbocycles. The van der Waals surface area contributed by atoms with Crippen molar-refractivity contribution < 1.29 is 0 Å². The number of aryl methyl sites for hydroxylation is 2. The molecule has 4 nitrogen and oxygen atoms in total. The van der Waals surface area contributed by atoms with Crippen LogP contribution < -0.4 is 0 Å². The predicted octanol–water partition coefficient (Wildman–Crippen LogP) is 2.92. The molecule has 0 atom stereocenters. The molecule has 1 fully saturated rings. The number of hydrogen-bond acceptors (Lipinski definition) is 3. The third kappa shape index (κ3) is 3.35. The summed E-state index contributed by atoms with van der Waals surface area (Å²) < 4.78 is 1.81. The molecule has 0 bridgehead atoms. The van der Waals surface area contributed by atoms with E-state index < -0.39 is 0 Å². The summed E-state index contributed by atoms with van der Waals surface area (Å²) in [6, 6.07) is 9.61. The van der Waals surface area contributed by atoms with E-state index in [0.717, 1.165) is 50.0 Å². The Hall–Kier alpha value is -1.36. The van der Waals surface area contributed by atoms with Gasteiger partial charge in [0.05, 0.1) is 5.69 Å². The SMILES string of the molecule is CCc1nn(C)c(Cl)c1CN1CCN(C2Cc3ccccc3C2)CC1. The second-order valence-corrected chi connectivity index (χ2v) is 7.69. The van der Waals surface area contributed by atoms with E-state index in [1.807, 2.05) is 11.7 Å². The zero-order valence-electron chi connectivity index (χ0n) is 15.2. The molecule has 25 heavy (non-hydrogen) atoms. The molecule has 0 amide bonds. The van der Waals surface area contributed by atoms with E-state index in [9.17, 15) is 0 Å². The van der Waals surface area contributed by atoms with Crippen molar-refractivity contribution in [1.82, 2.24) is 19.6 Å². The molecule has 134 valence electrons. The number of halogens is 1. The topological polar surface area (TPSA) is 24.3 Å². The molecule has 0 spiro atoms. The standard InChI is InChI=1S/C20H27ClN4/c1-3-19-18(20(21)23(2)22-19)14-24-8-10-25(11-9-24)17-12-15-6-4-5-7-16(15)13-17/h4-7,17H,3,8-14H2,1-2H3. The summed E-state index contributed by atoms with van der Waals surface area (Å²) in [7, 11) is 1.93. The van der Waals surface area contributed by atoms with Gasteiger partial charge in [0.1, 0.15) is 5.15 Å². The average Bonchev–Trinajstić information content (AvgIpc) is 3.18. The van der Waals surface area contributed by atoms with Crippen LogP contribution in [0.15, 0.2) is 24.3 Å². The Kier molecular flexibility index (Phi) is 4.85. The molecule has 4 rings (SSSR count). The monoisotopic (exact) mass is 358 g/mol. The second kappa shape index (κ2) is 7.10. The minimum absolute atomic E-state index is 0.688. The fraction of sp³-hybridized carbons (Fsp3) is 0.550. The van der Waals surface area contributed by atoms with Crippen molar-refractivity contribution in [3.63, 3.8) is 0 Å². The molecule has 0 radical (unpaired) electrons. The molecular weight excluding hydrogens is 332 g/mol. The van der Waals surface area contributed by atoms with Gasteiger partial charge in [-0.3, -0.25) is 14.5 Å². The smallest absolute Gasteiger partial charge is 0.131 e. The molecule has 2 aromatic rings. The largest absolute Gasteiger partial charge is 0.297 e. The number of hydrogen-bond donors (Lipinski definition) is 0. The van der Waals surface area contributed by atoms with E-state index >= 15 is 0 Å². The van der Waals surface area contributed by atoms with Gasteiger partial charge >= 0.3 is 0 Å². The van der Waals surface area contributed by atoms with Gasteiger partial charge in [0, 0.05) is 51.4 Å². The number of benzene rings is 1. The summed E-state index contributed by atoms with van der Waals surface area (Å²) >= 11 is 6.46. The van der Waals surface area contributed by atoms with Gasteiger partial charge < -0.3 is 0 Å². The fourth-order valence-corrected chi connectivity index (χ4v) is 4.55. The van der Waals surface area contributed by atoms with Crippen LogP contribution in [-0.2, 0) is 32.9 Å². The van der Waals surface area contributed by atoms with E-state index in [-0.39, 0.29) is 0 Å². The Balaban J connectivity index is 1.35. The summed E-state index contributed by atoms with van der Waals surface area (Å²) in [5, 5.41) is 5.34. The van der Waals surface area contributed by atoms with E-state index in [4.69, 9.17) is 11.6 Å². The summed E-state index contributed by atoms with van der Waals surface area (Å²) in [4.78, 5) is 5.21. The molecule has 0 N–H and O–H groups in total. The molecular formula is C20H27ClN4. The molecule has 1 aliphatic heterocycles. The lowest BCUT2D eigenvalue weighted by molar-refractivity contribution is 0.0948. The van der Waals surface area contributed by atoms with Gasteiger partial charge in [-0.2, -0.15) is 5.10 Å². The van der Waals surface area contributed by atoms with Crippen LogP contribution in [0.4, 0.5) is 0 Å².